The molecule has 0 unspecified atom stereocenters. The predicted octanol–water partition coefficient (Wildman–Crippen LogP) is 1.35. The lowest BCUT2D eigenvalue weighted by Crippen LogP contribution is -2.54. The number of hydrogen-bond acceptors (Lipinski definition) is 9. The highest BCUT2D eigenvalue weighted by molar-refractivity contribution is 5.87. The number of rotatable bonds is 13. The van der Waals surface area contributed by atoms with E-state index in [1.165, 1.54) is 14.0 Å². The summed E-state index contributed by atoms with van der Waals surface area (Å²) in [6, 6.07) is 7.29. The number of hydrogen-bond donors (Lipinski definition) is 2. The molecule has 3 atom stereocenters. The number of ether oxygens (including phenoxy) is 3. The van der Waals surface area contributed by atoms with Gasteiger partial charge in [-0.15, -0.1) is 0 Å². The van der Waals surface area contributed by atoms with Gasteiger partial charge >= 0.3 is 18.0 Å². The lowest BCUT2D eigenvalue weighted by Gasteiger charge is -2.34. The first-order valence-electron chi connectivity index (χ1n) is 14.0. The average Bonchev–Trinajstić information content (AvgIpc) is 2.93. The summed E-state index contributed by atoms with van der Waals surface area (Å²) in [5.41, 5.74) is 0.218. The molecule has 1 aliphatic rings. The molecule has 0 aromatic heterocycles. The van der Waals surface area contributed by atoms with Crippen molar-refractivity contribution < 1.29 is 43.3 Å². The van der Waals surface area contributed by atoms with E-state index in [9.17, 15) is 29.1 Å². The molecule has 0 saturated carbocycles. The lowest BCUT2D eigenvalue weighted by molar-refractivity contribution is -0.155. The standard InChI is InChI=1S/C29H44N4O9/c1-20(25(27(37)38)31(6)26(36)21(2)30-16-24(35)42-29(3,4)5)17-40-19-23(34)32-12-14-33(15-13-32)28(39)41-18-22-10-8-7-9-11-22/h7-11,20-21,25,30H,12-19H2,1-6H3,(H,37,38)/t20-,21-,25+/m1/s1. The van der Waals surface area contributed by atoms with E-state index < -0.39 is 47.5 Å². The highest BCUT2D eigenvalue weighted by Crippen LogP contribution is 2.14. The second-order valence-electron chi connectivity index (χ2n) is 11.3. The Morgan fingerprint density at radius 3 is 2.17 bits per heavy atom. The van der Waals surface area contributed by atoms with Gasteiger partial charge in [-0.1, -0.05) is 37.3 Å². The quantitative estimate of drug-likeness (QED) is 0.321. The molecule has 1 aromatic rings. The summed E-state index contributed by atoms with van der Waals surface area (Å²) in [6.45, 7) is 9.25. The maximum atomic E-state index is 12.9. The van der Waals surface area contributed by atoms with Crippen LogP contribution in [0.25, 0.3) is 0 Å². The molecule has 1 fully saturated rings. The first-order valence-corrected chi connectivity index (χ1v) is 14.0. The van der Waals surface area contributed by atoms with Gasteiger partial charge < -0.3 is 34.0 Å². The van der Waals surface area contributed by atoms with Gasteiger partial charge in [0.05, 0.1) is 19.2 Å². The third-order valence-corrected chi connectivity index (χ3v) is 6.60. The van der Waals surface area contributed by atoms with Crippen molar-refractivity contribution in [2.24, 2.45) is 5.92 Å². The molecule has 2 N–H and O–H groups in total. The van der Waals surface area contributed by atoms with Crippen LogP contribution in [0.5, 0.6) is 0 Å². The molecule has 0 spiro atoms. The van der Waals surface area contributed by atoms with E-state index in [1.54, 1.807) is 37.5 Å². The number of nitrogens with one attached hydrogen (secondary N) is 1. The second kappa shape index (κ2) is 16.1. The molecule has 1 aliphatic heterocycles. The number of carbonyl (C=O) groups is 5. The van der Waals surface area contributed by atoms with Gasteiger partial charge in [-0.25, -0.2) is 9.59 Å². The molecule has 42 heavy (non-hydrogen) atoms. The summed E-state index contributed by atoms with van der Waals surface area (Å²) in [5.74, 6) is -3.19. The van der Waals surface area contributed by atoms with Gasteiger partial charge in [-0.3, -0.25) is 19.7 Å². The SMILES string of the molecule is C[C@H](COCC(=O)N1CCN(C(=O)OCc2ccccc2)CC1)[C@@H](C(=O)O)N(C)C(=O)[C@@H](C)NCC(=O)OC(C)(C)C. The molecule has 0 aliphatic carbocycles. The van der Waals surface area contributed by atoms with Crippen molar-refractivity contribution in [2.75, 3.05) is 53.0 Å². The third-order valence-electron chi connectivity index (χ3n) is 6.60. The summed E-state index contributed by atoms with van der Waals surface area (Å²) in [6.07, 6.45) is -0.441. The van der Waals surface area contributed by atoms with E-state index in [0.717, 1.165) is 10.5 Å². The van der Waals surface area contributed by atoms with Gasteiger partial charge in [0.1, 0.15) is 24.9 Å². The number of amides is 3. The van der Waals surface area contributed by atoms with Gasteiger partial charge in [0, 0.05) is 39.1 Å². The van der Waals surface area contributed by atoms with Crippen LogP contribution in [-0.2, 0) is 40.0 Å². The minimum absolute atomic E-state index is 0.0776. The van der Waals surface area contributed by atoms with E-state index in [1.807, 2.05) is 30.3 Å². The Morgan fingerprint density at radius 2 is 1.60 bits per heavy atom. The maximum absolute atomic E-state index is 12.9. The molecule has 0 bridgehead atoms. The first-order chi connectivity index (χ1) is 19.7. The molecule has 0 radical (unpaired) electrons. The second-order valence-corrected chi connectivity index (χ2v) is 11.3. The van der Waals surface area contributed by atoms with Crippen LogP contribution in [-0.4, -0.2) is 120 Å². The Balaban J connectivity index is 1.76. The number of carboxylic acid groups (broad SMARTS) is 1. The minimum Gasteiger partial charge on any atom is -0.480 e. The highest BCUT2D eigenvalue weighted by atomic mass is 16.6. The first kappa shape index (κ1) is 34.5. The van der Waals surface area contributed by atoms with Gasteiger partial charge in [0.15, 0.2) is 0 Å². The molecule has 13 nitrogen and oxygen atoms in total. The Labute approximate surface area is 247 Å². The van der Waals surface area contributed by atoms with Crippen LogP contribution in [0.2, 0.25) is 0 Å². The smallest absolute Gasteiger partial charge is 0.410 e. The monoisotopic (exact) mass is 592 g/mol. The van der Waals surface area contributed by atoms with E-state index in [4.69, 9.17) is 14.2 Å². The van der Waals surface area contributed by atoms with Gasteiger partial charge in [0.2, 0.25) is 11.8 Å². The van der Waals surface area contributed by atoms with E-state index in [2.05, 4.69) is 5.32 Å². The van der Waals surface area contributed by atoms with Crippen LogP contribution in [0.1, 0.15) is 40.2 Å². The zero-order valence-corrected chi connectivity index (χ0v) is 25.3. The predicted molar refractivity (Wildman–Crippen MR) is 152 cm³/mol. The maximum Gasteiger partial charge on any atom is 0.410 e. The number of nitrogens with zero attached hydrogens (tertiary/aromatic N) is 3. The van der Waals surface area contributed by atoms with Crippen molar-refractivity contribution >= 4 is 29.8 Å². The molecule has 1 heterocycles. The molecular formula is C29H44N4O9. The van der Waals surface area contributed by atoms with Crippen LogP contribution >= 0.6 is 0 Å². The normalized spacial score (nSPS) is 15.8. The Bertz CT molecular complexity index is 1070. The largest absolute Gasteiger partial charge is 0.480 e. The van der Waals surface area contributed by atoms with Crippen molar-refractivity contribution in [3.05, 3.63) is 35.9 Å². The lowest BCUT2D eigenvalue weighted by atomic mass is 10.0. The number of likely N-dealkylation sites (N-methyl/N-ethyl adjacent to an activating group) is 1. The molecule has 1 aromatic carbocycles. The number of aliphatic carboxylic acids is 1. The van der Waals surface area contributed by atoms with E-state index in [-0.39, 0.29) is 32.3 Å². The summed E-state index contributed by atoms with van der Waals surface area (Å²) in [4.78, 5) is 66.1. The average molecular weight is 593 g/mol. The fourth-order valence-electron chi connectivity index (χ4n) is 4.40. The van der Waals surface area contributed by atoms with Crippen molar-refractivity contribution in [2.45, 2.75) is 58.9 Å². The number of esters is 1. The molecular weight excluding hydrogens is 548 g/mol. The van der Waals surface area contributed by atoms with Gasteiger partial charge in [-0.05, 0) is 33.3 Å². The van der Waals surface area contributed by atoms with Crippen LogP contribution in [0.15, 0.2) is 30.3 Å². The zero-order chi connectivity index (χ0) is 31.4. The Morgan fingerprint density at radius 1 is 1.00 bits per heavy atom. The molecule has 3 amide bonds. The van der Waals surface area contributed by atoms with Gasteiger partial charge in [-0.2, -0.15) is 0 Å². The summed E-state index contributed by atoms with van der Waals surface area (Å²) in [5, 5.41) is 12.6. The number of carboxylic acids is 1. The Kier molecular flexibility index (Phi) is 13.2. The molecule has 13 heteroatoms. The number of benzene rings is 1. The van der Waals surface area contributed by atoms with E-state index >= 15 is 0 Å². The topological polar surface area (TPSA) is 155 Å². The third kappa shape index (κ3) is 11.3. The van der Waals surface area contributed by atoms with Crippen LogP contribution < -0.4 is 5.32 Å². The molecule has 2 rings (SSSR count). The Hall–Kier alpha value is -3.71. The van der Waals surface area contributed by atoms with Crippen LogP contribution in [0.4, 0.5) is 4.79 Å². The van der Waals surface area contributed by atoms with Crippen LogP contribution in [0.3, 0.4) is 0 Å². The zero-order valence-electron chi connectivity index (χ0n) is 25.3. The summed E-state index contributed by atoms with van der Waals surface area (Å²) < 4.78 is 16.1. The molecule has 234 valence electrons. The van der Waals surface area contributed by atoms with E-state index in [0.29, 0.717) is 26.2 Å². The summed E-state index contributed by atoms with van der Waals surface area (Å²) >= 11 is 0. The van der Waals surface area contributed by atoms with Crippen molar-refractivity contribution in [1.82, 2.24) is 20.0 Å². The minimum atomic E-state index is -1.22. The van der Waals surface area contributed by atoms with Crippen molar-refractivity contribution in [1.29, 1.82) is 0 Å². The van der Waals surface area contributed by atoms with Crippen molar-refractivity contribution in [3.63, 3.8) is 0 Å². The number of carbonyl (C=O) groups excluding carboxylic acids is 4. The van der Waals surface area contributed by atoms with Gasteiger partial charge in [0.25, 0.3) is 0 Å². The fourth-order valence-corrected chi connectivity index (χ4v) is 4.40. The highest BCUT2D eigenvalue weighted by Gasteiger charge is 2.34. The molecule has 1 saturated heterocycles. The number of piperazine rings is 1. The van der Waals surface area contributed by atoms with Crippen LogP contribution in [0, 0.1) is 5.92 Å². The van der Waals surface area contributed by atoms with Crippen molar-refractivity contribution in [3.8, 4) is 0 Å². The summed E-state index contributed by atoms with van der Waals surface area (Å²) in [7, 11) is 1.37. The fraction of sp³-hybridized carbons (Fsp3) is 0.621.